The molecule has 0 spiro atoms. The van der Waals surface area contributed by atoms with Crippen molar-refractivity contribution in [1.29, 1.82) is 0 Å². The quantitative estimate of drug-likeness (QED) is 0.435. The van der Waals surface area contributed by atoms with Gasteiger partial charge in [0.25, 0.3) is 0 Å². The van der Waals surface area contributed by atoms with Crippen LogP contribution in [-0.2, 0) is 44.5 Å². The minimum Gasteiger partial charge on any atom is -0.463 e. The van der Waals surface area contributed by atoms with Gasteiger partial charge in [-0.15, -0.1) is 0 Å². The van der Waals surface area contributed by atoms with Gasteiger partial charge in [0.1, 0.15) is 12.7 Å². The van der Waals surface area contributed by atoms with Crippen LogP contribution in [0.15, 0.2) is 30.3 Å². The van der Waals surface area contributed by atoms with Crippen LogP contribution in [0.25, 0.3) is 0 Å². The van der Waals surface area contributed by atoms with Gasteiger partial charge in [0.2, 0.25) is 0 Å². The lowest BCUT2D eigenvalue weighted by atomic mass is 9.89. The predicted molar refractivity (Wildman–Crippen MR) is 109 cm³/mol. The molecule has 0 saturated carbocycles. The Morgan fingerprint density at radius 2 is 1.50 bits per heavy atom. The fourth-order valence-corrected chi connectivity index (χ4v) is 3.62. The highest BCUT2D eigenvalue weighted by Crippen LogP contribution is 2.30. The monoisotopic (exact) mass is 489 g/mol. The van der Waals surface area contributed by atoms with E-state index in [1.807, 2.05) is 5.32 Å². The Morgan fingerprint density at radius 3 is 2.03 bits per heavy atom. The summed E-state index contributed by atoms with van der Waals surface area (Å²) in [7, 11) is 0. The molecule has 1 aliphatic heterocycles. The molecule has 188 valence electrons. The first-order valence-electron chi connectivity index (χ1n) is 10.4. The summed E-state index contributed by atoms with van der Waals surface area (Å²) in [5.74, 6) is -4.68. The second-order valence-corrected chi connectivity index (χ2v) is 7.68. The average molecular weight is 489 g/mol. The Morgan fingerprint density at radius 1 is 0.912 bits per heavy atom. The molecule has 0 aliphatic carbocycles. The summed E-state index contributed by atoms with van der Waals surface area (Å²) in [5.41, 5.74) is 0.842. The van der Waals surface area contributed by atoms with Crippen LogP contribution in [0.2, 0.25) is 0 Å². The number of ether oxygens (including phenoxy) is 4. The summed E-state index contributed by atoms with van der Waals surface area (Å²) >= 11 is 0. The zero-order valence-electron chi connectivity index (χ0n) is 18.8. The van der Waals surface area contributed by atoms with Gasteiger partial charge in [-0.05, 0) is 18.4 Å². The number of hydrogen-bond acceptors (Lipinski definition) is 8. The first kappa shape index (κ1) is 27.1. The molecule has 1 saturated heterocycles. The van der Waals surface area contributed by atoms with E-state index in [4.69, 9.17) is 18.9 Å². The van der Waals surface area contributed by atoms with Crippen molar-refractivity contribution in [2.45, 2.75) is 70.2 Å². The Balaban J connectivity index is 2.43. The van der Waals surface area contributed by atoms with E-state index in [0.717, 1.165) is 26.3 Å². The van der Waals surface area contributed by atoms with Crippen LogP contribution in [0.1, 0.15) is 32.8 Å². The molecule has 12 heteroatoms. The number of benzene rings is 1. The van der Waals surface area contributed by atoms with Crippen LogP contribution in [0.3, 0.4) is 0 Å². The molecule has 0 bridgehead atoms. The number of hydrogen-bond donors (Lipinski definition) is 1. The van der Waals surface area contributed by atoms with Crippen LogP contribution in [0.4, 0.5) is 13.2 Å². The molecule has 34 heavy (non-hydrogen) atoms. The number of nitrogens with one attached hydrogen (secondary N) is 1. The van der Waals surface area contributed by atoms with Crippen molar-refractivity contribution in [1.82, 2.24) is 5.32 Å². The predicted octanol–water partition coefficient (Wildman–Crippen LogP) is 1.86. The largest absolute Gasteiger partial charge is 0.471 e. The van der Waals surface area contributed by atoms with Crippen LogP contribution in [-0.4, -0.2) is 67.1 Å². The first-order chi connectivity index (χ1) is 15.9. The number of rotatable bonds is 8. The normalized spacial score (nSPS) is 24.6. The van der Waals surface area contributed by atoms with Crippen molar-refractivity contribution in [3.8, 4) is 0 Å². The Bertz CT molecular complexity index is 877. The summed E-state index contributed by atoms with van der Waals surface area (Å²) < 4.78 is 60.5. The lowest BCUT2D eigenvalue weighted by Crippen LogP contribution is -2.67. The van der Waals surface area contributed by atoms with Crippen molar-refractivity contribution in [2.24, 2.45) is 0 Å². The fraction of sp³-hybridized carbons (Fsp3) is 0.545. The summed E-state index contributed by atoms with van der Waals surface area (Å²) in [6.45, 7) is 2.76. The molecule has 5 atom stereocenters. The third-order valence-corrected chi connectivity index (χ3v) is 4.96. The van der Waals surface area contributed by atoms with E-state index in [0.29, 0.717) is 6.42 Å². The molecule has 1 fully saturated rings. The third kappa shape index (κ3) is 8.01. The van der Waals surface area contributed by atoms with E-state index in [-0.39, 0.29) is 6.42 Å². The van der Waals surface area contributed by atoms with Gasteiger partial charge in [-0.2, -0.15) is 13.2 Å². The van der Waals surface area contributed by atoms with Crippen molar-refractivity contribution >= 4 is 23.8 Å². The van der Waals surface area contributed by atoms with Crippen molar-refractivity contribution in [2.75, 3.05) is 6.61 Å². The van der Waals surface area contributed by atoms with Gasteiger partial charge in [0.15, 0.2) is 12.2 Å². The van der Waals surface area contributed by atoms with Crippen LogP contribution < -0.4 is 5.32 Å². The molecule has 1 aromatic rings. The summed E-state index contributed by atoms with van der Waals surface area (Å²) in [6, 6.07) is 7.44. The van der Waals surface area contributed by atoms with Crippen molar-refractivity contribution in [3.63, 3.8) is 0 Å². The van der Waals surface area contributed by atoms with Gasteiger partial charge in [0, 0.05) is 20.8 Å². The van der Waals surface area contributed by atoms with E-state index < -0.39 is 67.1 Å². The highest BCUT2D eigenvalue weighted by atomic mass is 19.4. The Hall–Kier alpha value is -3.15. The zero-order chi connectivity index (χ0) is 25.5. The minimum absolute atomic E-state index is 0.105. The molecular weight excluding hydrogens is 463 g/mol. The summed E-state index contributed by atoms with van der Waals surface area (Å²) in [5, 5.41) is 1.82. The number of halogens is 3. The molecule has 1 N–H and O–H groups in total. The molecule has 1 amide bonds. The molecule has 0 aromatic heterocycles. The van der Waals surface area contributed by atoms with Crippen molar-refractivity contribution < 1.29 is 51.3 Å². The fourth-order valence-electron chi connectivity index (χ4n) is 3.62. The van der Waals surface area contributed by atoms with Crippen molar-refractivity contribution in [3.05, 3.63) is 35.9 Å². The van der Waals surface area contributed by atoms with E-state index in [1.165, 1.54) is 0 Å². The Labute approximate surface area is 193 Å². The van der Waals surface area contributed by atoms with E-state index >= 15 is 0 Å². The molecule has 1 aliphatic rings. The number of aryl methyl sites for hydroxylation is 1. The maximum Gasteiger partial charge on any atom is 0.471 e. The highest BCUT2D eigenvalue weighted by Gasteiger charge is 2.52. The maximum absolute atomic E-state index is 13.1. The van der Waals surface area contributed by atoms with Crippen LogP contribution >= 0.6 is 0 Å². The number of alkyl halides is 3. The average Bonchev–Trinajstić information content (AvgIpc) is 2.73. The summed E-state index contributed by atoms with van der Waals surface area (Å²) in [6.07, 6.45) is -10.0. The Kier molecular flexibility index (Phi) is 9.42. The lowest BCUT2D eigenvalue weighted by Gasteiger charge is -2.45. The smallest absolute Gasteiger partial charge is 0.463 e. The standard InChI is InChI=1S/C22H26F3NO8/c1-12(27)31-11-17-19(32-13(2)28)20(33-14(3)29)18(26-21(30)22(23,24)25)16(34-17)10-9-15-7-5-4-6-8-15/h4-8,16-20H,9-11H2,1-3H3,(H,26,30)/t16-,17-,18+,19+,20-/m1/s1. The lowest BCUT2D eigenvalue weighted by molar-refractivity contribution is -0.227. The maximum atomic E-state index is 13.1. The molecule has 1 heterocycles. The first-order valence-corrected chi connectivity index (χ1v) is 10.4. The molecule has 0 radical (unpaired) electrons. The number of esters is 3. The van der Waals surface area contributed by atoms with Crippen LogP contribution in [0, 0.1) is 0 Å². The SMILES string of the molecule is CC(=O)OC[C@H]1O[C@H](CCc2ccccc2)[C@H](NC(=O)C(F)(F)F)[C@@H](OC(C)=O)[C@H]1OC(C)=O. The molecule has 2 rings (SSSR count). The molecule has 1 aromatic carbocycles. The van der Waals surface area contributed by atoms with E-state index in [9.17, 15) is 32.3 Å². The van der Waals surface area contributed by atoms with Gasteiger partial charge >= 0.3 is 30.0 Å². The molecular formula is C22H26F3NO8. The van der Waals surface area contributed by atoms with E-state index in [1.54, 1.807) is 30.3 Å². The van der Waals surface area contributed by atoms with Gasteiger partial charge in [-0.3, -0.25) is 19.2 Å². The van der Waals surface area contributed by atoms with Gasteiger partial charge < -0.3 is 24.3 Å². The van der Waals surface area contributed by atoms with E-state index in [2.05, 4.69) is 0 Å². The minimum atomic E-state index is -5.23. The number of carbonyl (C=O) groups excluding carboxylic acids is 4. The molecule has 0 unspecified atom stereocenters. The number of carbonyl (C=O) groups is 4. The zero-order valence-corrected chi connectivity index (χ0v) is 18.8. The topological polar surface area (TPSA) is 117 Å². The second-order valence-electron chi connectivity index (χ2n) is 7.68. The number of amides is 1. The highest BCUT2D eigenvalue weighted by molar-refractivity contribution is 5.82. The second kappa shape index (κ2) is 11.8. The third-order valence-electron chi connectivity index (χ3n) is 4.96. The van der Waals surface area contributed by atoms with Gasteiger partial charge in [-0.25, -0.2) is 0 Å². The summed E-state index contributed by atoms with van der Waals surface area (Å²) in [4.78, 5) is 46.7. The van der Waals surface area contributed by atoms with Gasteiger partial charge in [0.05, 0.1) is 12.1 Å². The van der Waals surface area contributed by atoms with Gasteiger partial charge in [-0.1, -0.05) is 30.3 Å². The van der Waals surface area contributed by atoms with Crippen LogP contribution in [0.5, 0.6) is 0 Å². The molecule has 9 nitrogen and oxygen atoms in total.